The largest absolute Gasteiger partial charge is 0.375 e. The van der Waals surface area contributed by atoms with Gasteiger partial charge < -0.3 is 20.7 Å². The minimum Gasteiger partial charge on any atom is -0.375 e. The summed E-state index contributed by atoms with van der Waals surface area (Å²) in [4.78, 5) is 28.0. The SMILES string of the molecule is CCn1ncnc1[C@@H](C)NC(=O)Nc1cc(NC(=O)COC)ccc1Cl. The summed E-state index contributed by atoms with van der Waals surface area (Å²) >= 11 is 6.12. The number of amides is 3. The third-order valence-electron chi connectivity index (χ3n) is 3.45. The van der Waals surface area contributed by atoms with E-state index in [9.17, 15) is 9.59 Å². The van der Waals surface area contributed by atoms with E-state index in [0.29, 0.717) is 28.8 Å². The zero-order valence-corrected chi connectivity index (χ0v) is 15.5. The van der Waals surface area contributed by atoms with E-state index in [1.165, 1.54) is 13.4 Å². The summed E-state index contributed by atoms with van der Waals surface area (Å²) in [6, 6.07) is 3.97. The number of aryl methyl sites for hydroxylation is 1. The summed E-state index contributed by atoms with van der Waals surface area (Å²) < 4.78 is 6.46. The van der Waals surface area contributed by atoms with Crippen LogP contribution in [0.2, 0.25) is 5.02 Å². The Morgan fingerprint density at radius 1 is 1.35 bits per heavy atom. The van der Waals surface area contributed by atoms with Crippen LogP contribution in [0.15, 0.2) is 24.5 Å². The first kappa shape index (κ1) is 19.7. The molecule has 10 heteroatoms. The number of hydrogen-bond donors (Lipinski definition) is 3. The van der Waals surface area contributed by atoms with E-state index in [-0.39, 0.29) is 18.6 Å². The highest BCUT2D eigenvalue weighted by Gasteiger charge is 2.16. The highest BCUT2D eigenvalue weighted by atomic mass is 35.5. The van der Waals surface area contributed by atoms with Gasteiger partial charge in [-0.1, -0.05) is 11.6 Å². The molecule has 0 fully saturated rings. The van der Waals surface area contributed by atoms with Gasteiger partial charge in [-0.05, 0) is 32.0 Å². The van der Waals surface area contributed by atoms with Crippen LogP contribution in [0.3, 0.4) is 0 Å². The lowest BCUT2D eigenvalue weighted by atomic mass is 10.2. The number of anilines is 2. The van der Waals surface area contributed by atoms with Crippen molar-refractivity contribution in [3.63, 3.8) is 0 Å². The number of halogens is 1. The molecular weight excluding hydrogens is 360 g/mol. The first-order valence-corrected chi connectivity index (χ1v) is 8.36. The normalized spacial score (nSPS) is 11.7. The Kier molecular flexibility index (Phi) is 6.93. The molecule has 0 aliphatic carbocycles. The smallest absolute Gasteiger partial charge is 0.319 e. The molecule has 0 saturated heterocycles. The van der Waals surface area contributed by atoms with Gasteiger partial charge in [0.25, 0.3) is 0 Å². The van der Waals surface area contributed by atoms with E-state index >= 15 is 0 Å². The number of urea groups is 1. The minimum atomic E-state index is -0.453. The maximum absolute atomic E-state index is 12.3. The fourth-order valence-corrected chi connectivity index (χ4v) is 2.46. The van der Waals surface area contributed by atoms with Gasteiger partial charge in [0, 0.05) is 19.3 Å². The topological polar surface area (TPSA) is 110 Å². The summed E-state index contributed by atoms with van der Waals surface area (Å²) in [6.07, 6.45) is 1.44. The molecule has 0 aliphatic rings. The summed E-state index contributed by atoms with van der Waals surface area (Å²) in [5, 5.41) is 12.5. The minimum absolute atomic E-state index is 0.0680. The van der Waals surface area contributed by atoms with Gasteiger partial charge in [-0.3, -0.25) is 4.79 Å². The molecule has 0 bridgehead atoms. The van der Waals surface area contributed by atoms with Crippen LogP contribution in [0.1, 0.15) is 25.7 Å². The highest BCUT2D eigenvalue weighted by molar-refractivity contribution is 6.33. The molecule has 3 N–H and O–H groups in total. The van der Waals surface area contributed by atoms with E-state index in [2.05, 4.69) is 26.0 Å². The number of nitrogens with zero attached hydrogens (tertiary/aromatic N) is 3. The average Bonchev–Trinajstić information content (AvgIpc) is 3.07. The van der Waals surface area contributed by atoms with E-state index < -0.39 is 6.03 Å². The van der Waals surface area contributed by atoms with Crippen LogP contribution in [0.4, 0.5) is 16.2 Å². The number of ether oxygens (including phenoxy) is 1. The van der Waals surface area contributed by atoms with Gasteiger partial charge in [-0.25, -0.2) is 14.5 Å². The lowest BCUT2D eigenvalue weighted by Gasteiger charge is -2.16. The van der Waals surface area contributed by atoms with E-state index in [4.69, 9.17) is 16.3 Å². The van der Waals surface area contributed by atoms with E-state index in [0.717, 1.165) is 0 Å². The number of methoxy groups -OCH3 is 1. The maximum Gasteiger partial charge on any atom is 0.319 e. The van der Waals surface area contributed by atoms with Crippen LogP contribution in [-0.2, 0) is 16.1 Å². The lowest BCUT2D eigenvalue weighted by Crippen LogP contribution is -2.32. The molecule has 140 valence electrons. The zero-order chi connectivity index (χ0) is 19.1. The number of rotatable bonds is 7. The van der Waals surface area contributed by atoms with Crippen molar-refractivity contribution in [2.75, 3.05) is 24.4 Å². The monoisotopic (exact) mass is 380 g/mol. The Morgan fingerprint density at radius 3 is 2.81 bits per heavy atom. The molecule has 1 heterocycles. The number of benzene rings is 1. The number of carbonyl (C=O) groups is 2. The molecule has 0 saturated carbocycles. The Hall–Kier alpha value is -2.65. The van der Waals surface area contributed by atoms with Crippen LogP contribution in [-0.4, -0.2) is 40.4 Å². The van der Waals surface area contributed by atoms with Crippen molar-refractivity contribution in [2.24, 2.45) is 0 Å². The molecule has 1 aromatic carbocycles. The van der Waals surface area contributed by atoms with Gasteiger partial charge in [0.2, 0.25) is 5.91 Å². The van der Waals surface area contributed by atoms with Gasteiger partial charge in [0.05, 0.1) is 16.8 Å². The second-order valence-electron chi connectivity index (χ2n) is 5.43. The van der Waals surface area contributed by atoms with Crippen LogP contribution in [0.25, 0.3) is 0 Å². The lowest BCUT2D eigenvalue weighted by molar-refractivity contribution is -0.119. The fraction of sp³-hybridized carbons (Fsp3) is 0.375. The predicted octanol–water partition coefficient (Wildman–Crippen LogP) is 2.42. The molecule has 9 nitrogen and oxygen atoms in total. The van der Waals surface area contributed by atoms with Crippen LogP contribution in [0, 0.1) is 0 Å². The molecule has 2 aromatic rings. The molecular formula is C16H21ClN6O3. The maximum atomic E-state index is 12.3. The molecule has 0 aliphatic heterocycles. The number of carbonyl (C=O) groups excluding carboxylic acids is 2. The molecule has 0 unspecified atom stereocenters. The van der Waals surface area contributed by atoms with Gasteiger partial charge in [-0.15, -0.1) is 0 Å². The van der Waals surface area contributed by atoms with Crippen molar-refractivity contribution < 1.29 is 14.3 Å². The van der Waals surface area contributed by atoms with Crippen molar-refractivity contribution in [1.82, 2.24) is 20.1 Å². The Balaban J connectivity index is 2.02. The second-order valence-corrected chi connectivity index (χ2v) is 5.84. The van der Waals surface area contributed by atoms with Crippen LogP contribution >= 0.6 is 11.6 Å². The highest BCUT2D eigenvalue weighted by Crippen LogP contribution is 2.25. The number of aromatic nitrogens is 3. The van der Waals surface area contributed by atoms with E-state index in [1.54, 1.807) is 29.8 Å². The molecule has 0 spiro atoms. The molecule has 26 heavy (non-hydrogen) atoms. The quantitative estimate of drug-likeness (QED) is 0.683. The summed E-state index contributed by atoms with van der Waals surface area (Å²) in [7, 11) is 1.43. The van der Waals surface area contributed by atoms with Gasteiger partial charge >= 0.3 is 6.03 Å². The number of nitrogens with one attached hydrogen (secondary N) is 3. The summed E-state index contributed by atoms with van der Waals surface area (Å²) in [5.74, 6) is 0.340. The van der Waals surface area contributed by atoms with Gasteiger partial charge in [0.15, 0.2) is 0 Å². The van der Waals surface area contributed by atoms with Crippen molar-refractivity contribution >= 4 is 34.9 Å². The number of hydrogen-bond acceptors (Lipinski definition) is 5. The first-order chi connectivity index (χ1) is 12.4. The average molecular weight is 381 g/mol. The second kappa shape index (κ2) is 9.16. The van der Waals surface area contributed by atoms with Gasteiger partial charge in [-0.2, -0.15) is 5.10 Å². The Labute approximate surface area is 156 Å². The summed E-state index contributed by atoms with van der Waals surface area (Å²) in [6.45, 7) is 4.33. The zero-order valence-electron chi connectivity index (χ0n) is 14.7. The van der Waals surface area contributed by atoms with Crippen molar-refractivity contribution in [1.29, 1.82) is 0 Å². The van der Waals surface area contributed by atoms with Crippen LogP contribution < -0.4 is 16.0 Å². The standard InChI is InChI=1S/C16H21ClN6O3/c1-4-23-15(18-9-19-23)10(2)20-16(25)22-13-7-11(5-6-12(13)17)21-14(24)8-26-3/h5-7,9-10H,4,8H2,1-3H3,(H,21,24)(H2,20,22,25)/t10-/m1/s1. The molecule has 1 aromatic heterocycles. The predicted molar refractivity (Wildman–Crippen MR) is 98.2 cm³/mol. The Bertz CT molecular complexity index is 779. The van der Waals surface area contributed by atoms with Crippen LogP contribution in [0.5, 0.6) is 0 Å². The van der Waals surface area contributed by atoms with Crippen molar-refractivity contribution in [2.45, 2.75) is 26.4 Å². The fourth-order valence-electron chi connectivity index (χ4n) is 2.30. The molecule has 1 atom stereocenters. The molecule has 3 amide bonds. The third-order valence-corrected chi connectivity index (χ3v) is 3.78. The van der Waals surface area contributed by atoms with E-state index in [1.807, 2.05) is 6.92 Å². The molecule has 0 radical (unpaired) electrons. The van der Waals surface area contributed by atoms with Gasteiger partial charge in [0.1, 0.15) is 18.8 Å². The van der Waals surface area contributed by atoms with Crippen molar-refractivity contribution in [3.8, 4) is 0 Å². The Morgan fingerprint density at radius 2 is 2.12 bits per heavy atom. The third kappa shape index (κ3) is 5.17. The first-order valence-electron chi connectivity index (χ1n) is 7.98. The summed E-state index contributed by atoms with van der Waals surface area (Å²) in [5.41, 5.74) is 0.856. The van der Waals surface area contributed by atoms with Crippen molar-refractivity contribution in [3.05, 3.63) is 35.4 Å². The molecule has 2 rings (SSSR count).